The van der Waals surface area contributed by atoms with Crippen molar-refractivity contribution >= 4 is 70.6 Å². The van der Waals surface area contributed by atoms with Crippen molar-refractivity contribution in [1.29, 1.82) is 0 Å². The van der Waals surface area contributed by atoms with E-state index in [9.17, 15) is 0 Å². The summed E-state index contributed by atoms with van der Waals surface area (Å²) in [6.07, 6.45) is 6.78. The Morgan fingerprint density at radius 3 is 1.38 bits per heavy atom. The van der Waals surface area contributed by atoms with Gasteiger partial charge in [0.05, 0.1) is 0 Å². The zero-order valence-electron chi connectivity index (χ0n) is 32.6. The molecule has 10 aromatic carbocycles. The van der Waals surface area contributed by atoms with Crippen molar-refractivity contribution in [1.82, 2.24) is 0 Å². The quantitative estimate of drug-likeness (QED) is 0.178. The van der Waals surface area contributed by atoms with Gasteiger partial charge in [0, 0.05) is 22.3 Å². The molecule has 1 aliphatic heterocycles. The standard InChI is InChI=1S/C58H36O2/c1-3-7-39-25-41(15-9-35(39)5-1)43-17-11-37-13-19-45(29-49(37)27-43)47-21-23-55-51(31-47)53-33-58-54(34-57(53)59-55)52-32-48(22-24-56(52)60-58)46-20-14-38-12-18-44(28-50(38)30-46)42-16-10-36-6-2-4-8-40(36)26-42/h1-34,51,55H. The van der Waals surface area contributed by atoms with E-state index in [2.05, 4.69) is 206 Å². The van der Waals surface area contributed by atoms with Crippen molar-refractivity contribution in [2.24, 2.45) is 0 Å². The molecule has 2 heterocycles. The van der Waals surface area contributed by atoms with Crippen LogP contribution in [0, 0.1) is 0 Å². The summed E-state index contributed by atoms with van der Waals surface area (Å²) in [7, 11) is 0. The Kier molecular flexibility index (Phi) is 7.17. The van der Waals surface area contributed by atoms with E-state index in [-0.39, 0.29) is 12.0 Å². The van der Waals surface area contributed by atoms with E-state index in [4.69, 9.17) is 9.15 Å². The van der Waals surface area contributed by atoms with E-state index in [1.165, 1.54) is 87.6 Å². The Hall–Kier alpha value is -7.68. The first kappa shape index (κ1) is 33.3. The summed E-state index contributed by atoms with van der Waals surface area (Å²) in [5, 5.41) is 12.1. The summed E-state index contributed by atoms with van der Waals surface area (Å²) in [5.41, 5.74) is 12.6. The third-order valence-electron chi connectivity index (χ3n) is 12.9. The minimum Gasteiger partial charge on any atom is -0.485 e. The molecule has 1 aromatic heterocycles. The summed E-state index contributed by atoms with van der Waals surface area (Å²) in [6, 6.07) is 68.6. The van der Waals surface area contributed by atoms with Gasteiger partial charge < -0.3 is 9.15 Å². The number of ether oxygens (including phenoxy) is 1. The summed E-state index contributed by atoms with van der Waals surface area (Å²) in [4.78, 5) is 0. The lowest BCUT2D eigenvalue weighted by molar-refractivity contribution is 0.269. The van der Waals surface area contributed by atoms with Gasteiger partial charge in [0.15, 0.2) is 0 Å². The smallest absolute Gasteiger partial charge is 0.135 e. The zero-order chi connectivity index (χ0) is 39.3. The molecular weight excluding hydrogens is 729 g/mol. The molecule has 2 atom stereocenters. The SMILES string of the molecule is C1=CC2Oc3cc4c(cc3C2C=C1c1ccc2ccc(-c3ccc5ccccc5c3)cc2c1)oc1ccc(-c2ccc3ccc(-c5ccc6ccccc6c5)cc3c2)cc14. The maximum absolute atomic E-state index is 6.65. The van der Waals surface area contributed by atoms with Crippen LogP contribution in [0.2, 0.25) is 0 Å². The number of fused-ring (bicyclic) bond motifs is 10. The van der Waals surface area contributed by atoms with Gasteiger partial charge in [0.2, 0.25) is 0 Å². The molecule has 13 rings (SSSR count). The molecule has 1 aliphatic carbocycles. The van der Waals surface area contributed by atoms with Gasteiger partial charge in [-0.3, -0.25) is 0 Å². The number of furan rings is 1. The molecule has 0 saturated heterocycles. The lowest BCUT2D eigenvalue weighted by Crippen LogP contribution is -2.16. The van der Waals surface area contributed by atoms with Crippen LogP contribution in [0.1, 0.15) is 17.0 Å². The third-order valence-corrected chi connectivity index (χ3v) is 12.9. The summed E-state index contributed by atoms with van der Waals surface area (Å²) in [6.45, 7) is 0. The van der Waals surface area contributed by atoms with Gasteiger partial charge in [-0.25, -0.2) is 0 Å². The van der Waals surface area contributed by atoms with Crippen molar-refractivity contribution in [3.05, 3.63) is 217 Å². The predicted molar refractivity (Wildman–Crippen MR) is 251 cm³/mol. The molecule has 0 N–H and O–H groups in total. The molecule has 11 aromatic rings. The topological polar surface area (TPSA) is 22.4 Å². The zero-order valence-corrected chi connectivity index (χ0v) is 32.6. The number of rotatable bonds is 4. The first-order chi connectivity index (χ1) is 29.6. The second kappa shape index (κ2) is 12.9. The lowest BCUT2D eigenvalue weighted by atomic mass is 9.86. The van der Waals surface area contributed by atoms with Crippen LogP contribution in [0.3, 0.4) is 0 Å². The minimum atomic E-state index is -0.0471. The fraction of sp³-hybridized carbons (Fsp3) is 0.0345. The fourth-order valence-corrected chi connectivity index (χ4v) is 9.69. The molecule has 0 bridgehead atoms. The maximum atomic E-state index is 6.65. The Labute approximate surface area is 346 Å². The fourth-order valence-electron chi connectivity index (χ4n) is 9.69. The van der Waals surface area contributed by atoms with Crippen LogP contribution < -0.4 is 4.74 Å². The highest BCUT2D eigenvalue weighted by Crippen LogP contribution is 2.47. The van der Waals surface area contributed by atoms with Crippen molar-refractivity contribution < 1.29 is 9.15 Å². The minimum absolute atomic E-state index is 0.0471. The number of hydrogen-bond acceptors (Lipinski definition) is 2. The Bertz CT molecular complexity index is 3660. The van der Waals surface area contributed by atoms with Crippen LogP contribution in [0.4, 0.5) is 0 Å². The molecule has 2 aliphatic rings. The number of benzene rings is 10. The van der Waals surface area contributed by atoms with Gasteiger partial charge in [-0.15, -0.1) is 0 Å². The normalized spacial score (nSPS) is 15.8. The molecule has 0 amide bonds. The van der Waals surface area contributed by atoms with Crippen molar-refractivity contribution in [2.75, 3.05) is 0 Å². The van der Waals surface area contributed by atoms with Gasteiger partial charge in [0.1, 0.15) is 23.0 Å². The Morgan fingerprint density at radius 2 is 0.800 bits per heavy atom. The molecule has 0 saturated carbocycles. The van der Waals surface area contributed by atoms with Gasteiger partial charge in [-0.2, -0.15) is 0 Å². The maximum Gasteiger partial charge on any atom is 0.135 e. The highest BCUT2D eigenvalue weighted by atomic mass is 16.5. The van der Waals surface area contributed by atoms with Gasteiger partial charge in [0.25, 0.3) is 0 Å². The second-order valence-corrected chi connectivity index (χ2v) is 16.5. The summed E-state index contributed by atoms with van der Waals surface area (Å²) < 4.78 is 13.2. The average Bonchev–Trinajstić information content (AvgIpc) is 3.86. The molecule has 0 spiro atoms. The third kappa shape index (κ3) is 5.42. The van der Waals surface area contributed by atoms with E-state index in [1.54, 1.807) is 0 Å². The van der Waals surface area contributed by atoms with E-state index < -0.39 is 0 Å². The molecule has 2 nitrogen and oxygen atoms in total. The van der Waals surface area contributed by atoms with Crippen LogP contribution in [0.25, 0.3) is 104 Å². The van der Waals surface area contributed by atoms with Crippen molar-refractivity contribution in [3.8, 4) is 39.1 Å². The molecule has 2 unspecified atom stereocenters. The van der Waals surface area contributed by atoms with Crippen molar-refractivity contribution in [3.63, 3.8) is 0 Å². The van der Waals surface area contributed by atoms with E-state index >= 15 is 0 Å². The first-order valence-electron chi connectivity index (χ1n) is 20.8. The van der Waals surface area contributed by atoms with Crippen molar-refractivity contribution in [2.45, 2.75) is 12.0 Å². The summed E-state index contributed by atoms with van der Waals surface area (Å²) >= 11 is 0. The van der Waals surface area contributed by atoms with Crippen LogP contribution >= 0.6 is 0 Å². The van der Waals surface area contributed by atoms with Crippen LogP contribution in [0.5, 0.6) is 5.75 Å². The van der Waals surface area contributed by atoms with Gasteiger partial charge >= 0.3 is 0 Å². The second-order valence-electron chi connectivity index (χ2n) is 16.5. The highest BCUT2D eigenvalue weighted by molar-refractivity contribution is 6.08. The molecule has 0 fully saturated rings. The highest BCUT2D eigenvalue weighted by Gasteiger charge is 2.34. The first-order valence-corrected chi connectivity index (χ1v) is 20.8. The molecular formula is C58H36O2. The Morgan fingerprint density at radius 1 is 0.350 bits per heavy atom. The Balaban J connectivity index is 0.820. The molecule has 280 valence electrons. The average molecular weight is 765 g/mol. The van der Waals surface area contributed by atoms with E-state index in [0.717, 1.165) is 33.3 Å². The van der Waals surface area contributed by atoms with Crippen LogP contribution in [0.15, 0.2) is 211 Å². The van der Waals surface area contributed by atoms with Gasteiger partial charge in [-0.05, 0) is 154 Å². The number of hydrogen-bond donors (Lipinski definition) is 0. The predicted octanol–water partition coefficient (Wildman–Crippen LogP) is 15.7. The van der Waals surface area contributed by atoms with E-state index in [0.29, 0.717) is 0 Å². The van der Waals surface area contributed by atoms with Gasteiger partial charge in [-0.1, -0.05) is 140 Å². The van der Waals surface area contributed by atoms with Crippen LogP contribution in [-0.4, -0.2) is 6.10 Å². The van der Waals surface area contributed by atoms with Crippen LogP contribution in [-0.2, 0) is 0 Å². The molecule has 2 heteroatoms. The number of allylic oxidation sites excluding steroid dienone is 2. The molecule has 0 radical (unpaired) electrons. The monoisotopic (exact) mass is 764 g/mol. The summed E-state index contributed by atoms with van der Waals surface area (Å²) in [5.74, 6) is 1.03. The van der Waals surface area contributed by atoms with E-state index in [1.807, 2.05) is 0 Å². The molecule has 60 heavy (non-hydrogen) atoms. The largest absolute Gasteiger partial charge is 0.485 e. The lowest BCUT2D eigenvalue weighted by Gasteiger charge is -2.19.